The molecule has 4 N–H and O–H groups in total. The molecule has 15 heteroatoms. The summed E-state index contributed by atoms with van der Waals surface area (Å²) in [6.07, 6.45) is 1.73. The van der Waals surface area contributed by atoms with Crippen molar-refractivity contribution in [3.63, 3.8) is 0 Å². The third-order valence-corrected chi connectivity index (χ3v) is 11.2. The number of primary amides is 1. The van der Waals surface area contributed by atoms with E-state index in [9.17, 15) is 24.3 Å². The molecule has 51 heavy (non-hydrogen) atoms. The molecule has 0 unspecified atom stereocenters. The standard InChI is InChI=1S/C36H32Cl2N4O9/c1-49-18-7-4-16(5-8-18)36-23(32(45)42(34(36)47)40-25-11-6-17(37)12-24(25)38)15-22-20(9-10-21-28(22)33(46)41(31(21)44)35(39)48)30(36)29-26(43)13-19(50-2)14-27(29)51-3/h4-9,11-14,21-23,28,30,40,43H,10,15H2,1-3H3,(H2,39,48)/t21-,22+,23-,28-,30+,36+/m0/s1. The van der Waals surface area contributed by atoms with Gasteiger partial charge in [-0.3, -0.25) is 24.6 Å². The number of nitrogens with zero attached hydrogens (tertiary/aromatic N) is 2. The molecule has 0 aromatic heterocycles. The van der Waals surface area contributed by atoms with Crippen molar-refractivity contribution in [2.75, 3.05) is 26.8 Å². The Morgan fingerprint density at radius 1 is 0.902 bits per heavy atom. The van der Waals surface area contributed by atoms with E-state index in [1.165, 1.54) is 39.5 Å². The first-order valence-electron chi connectivity index (χ1n) is 16.0. The Balaban J connectivity index is 1.52. The van der Waals surface area contributed by atoms with E-state index in [-0.39, 0.29) is 46.4 Å². The fraction of sp³-hybridized carbons (Fsp3) is 0.306. The minimum Gasteiger partial charge on any atom is -0.507 e. The molecule has 6 atom stereocenters. The molecule has 6 amide bonds. The highest BCUT2D eigenvalue weighted by molar-refractivity contribution is 6.36. The Hall–Kier alpha value is -5.27. The molecule has 264 valence electrons. The normalized spacial score (nSPS) is 26.7. The van der Waals surface area contributed by atoms with Crippen LogP contribution in [-0.2, 0) is 24.6 Å². The number of benzene rings is 3. The summed E-state index contributed by atoms with van der Waals surface area (Å²) in [6, 6.07) is 12.9. The highest BCUT2D eigenvalue weighted by atomic mass is 35.5. The zero-order chi connectivity index (χ0) is 36.5. The molecule has 4 aliphatic rings. The van der Waals surface area contributed by atoms with E-state index >= 15 is 4.79 Å². The van der Waals surface area contributed by atoms with Crippen LogP contribution in [0.1, 0.15) is 29.9 Å². The molecule has 7 rings (SSSR count). The lowest BCUT2D eigenvalue weighted by Gasteiger charge is -2.50. The van der Waals surface area contributed by atoms with Gasteiger partial charge in [-0.15, -0.1) is 0 Å². The van der Waals surface area contributed by atoms with Gasteiger partial charge in [0.1, 0.15) is 23.0 Å². The predicted octanol–water partition coefficient (Wildman–Crippen LogP) is 4.79. The quantitative estimate of drug-likeness (QED) is 0.226. The number of methoxy groups -OCH3 is 3. The van der Waals surface area contributed by atoms with Crippen LogP contribution in [0.2, 0.25) is 10.0 Å². The second-order valence-corrected chi connectivity index (χ2v) is 13.7. The third kappa shape index (κ3) is 4.93. The second kappa shape index (κ2) is 12.5. The van der Waals surface area contributed by atoms with Crippen molar-refractivity contribution in [2.24, 2.45) is 29.4 Å². The van der Waals surface area contributed by atoms with Gasteiger partial charge in [-0.2, -0.15) is 9.91 Å². The lowest BCUT2D eigenvalue weighted by atomic mass is 9.49. The number of nitrogens with one attached hydrogen (secondary N) is 1. The highest BCUT2D eigenvalue weighted by Gasteiger charge is 2.71. The number of hydrogen-bond donors (Lipinski definition) is 3. The number of hydrogen-bond acceptors (Lipinski definition) is 10. The molecule has 2 aliphatic heterocycles. The summed E-state index contributed by atoms with van der Waals surface area (Å²) in [5.41, 5.74) is 7.93. The topological polar surface area (TPSA) is 178 Å². The number of phenols is 1. The molecular weight excluding hydrogens is 703 g/mol. The number of ether oxygens (including phenoxy) is 3. The number of phenolic OH excluding ortho intramolecular Hbond substituents is 1. The fourth-order valence-electron chi connectivity index (χ4n) is 8.54. The SMILES string of the molecule is COc1ccc([C@@]23C(=O)N(Nc4ccc(Cl)cc4Cl)C(=O)[C@@H]2C[C@@H]2C(=CC[C@@H]4C(=O)N(C(N)=O)C(=O)[C@@H]42)[C@@H]3c2c(O)cc(OC)cc2OC)cc1. The molecule has 3 aromatic carbocycles. The van der Waals surface area contributed by atoms with Crippen LogP contribution in [-0.4, -0.2) is 66.0 Å². The molecule has 2 heterocycles. The zero-order valence-corrected chi connectivity index (χ0v) is 29.0. The first kappa shape index (κ1) is 34.2. The van der Waals surface area contributed by atoms with Crippen LogP contribution in [0.15, 0.2) is 66.2 Å². The fourth-order valence-corrected chi connectivity index (χ4v) is 8.99. The molecule has 2 aliphatic carbocycles. The number of nitrogens with two attached hydrogens (primary N) is 1. The van der Waals surface area contributed by atoms with E-state index in [1.54, 1.807) is 42.5 Å². The van der Waals surface area contributed by atoms with Gasteiger partial charge in [-0.05, 0) is 54.7 Å². The molecule has 0 radical (unpaired) electrons. The minimum atomic E-state index is -1.77. The van der Waals surface area contributed by atoms with Crippen LogP contribution >= 0.6 is 23.2 Å². The van der Waals surface area contributed by atoms with Crippen LogP contribution in [0.4, 0.5) is 10.5 Å². The monoisotopic (exact) mass is 734 g/mol. The molecule has 0 spiro atoms. The number of carbonyl (C=O) groups excluding carboxylic acids is 5. The van der Waals surface area contributed by atoms with Crippen LogP contribution < -0.4 is 25.4 Å². The molecular formula is C36H32Cl2N4O9. The Bertz CT molecular complexity index is 2050. The van der Waals surface area contributed by atoms with Gasteiger partial charge in [-0.25, -0.2) is 4.79 Å². The summed E-state index contributed by atoms with van der Waals surface area (Å²) in [7, 11) is 4.30. The van der Waals surface area contributed by atoms with E-state index in [0.29, 0.717) is 26.8 Å². The van der Waals surface area contributed by atoms with E-state index in [1.807, 2.05) is 0 Å². The van der Waals surface area contributed by atoms with Crippen molar-refractivity contribution >= 4 is 58.5 Å². The molecule has 1 saturated carbocycles. The number of allylic oxidation sites excluding steroid dienone is 2. The molecule has 0 bridgehead atoms. The minimum absolute atomic E-state index is 0.0361. The van der Waals surface area contributed by atoms with Crippen molar-refractivity contribution in [3.8, 4) is 23.0 Å². The Morgan fingerprint density at radius 2 is 1.61 bits per heavy atom. The summed E-state index contributed by atoms with van der Waals surface area (Å²) in [4.78, 5) is 70.2. The number of anilines is 1. The summed E-state index contributed by atoms with van der Waals surface area (Å²) in [6.45, 7) is 0. The smallest absolute Gasteiger partial charge is 0.328 e. The summed E-state index contributed by atoms with van der Waals surface area (Å²) in [5.74, 6) is -7.38. The second-order valence-electron chi connectivity index (χ2n) is 12.8. The third-order valence-electron chi connectivity index (χ3n) is 10.6. The Kier molecular flexibility index (Phi) is 8.38. The van der Waals surface area contributed by atoms with Gasteiger partial charge < -0.3 is 25.1 Å². The average molecular weight is 736 g/mol. The van der Waals surface area contributed by atoms with Gasteiger partial charge in [-0.1, -0.05) is 47.0 Å². The van der Waals surface area contributed by atoms with Gasteiger partial charge in [0.2, 0.25) is 11.8 Å². The number of amides is 6. The maximum absolute atomic E-state index is 15.4. The lowest BCUT2D eigenvalue weighted by Crippen LogP contribution is -2.53. The molecule has 13 nitrogen and oxygen atoms in total. The Morgan fingerprint density at radius 3 is 2.24 bits per heavy atom. The number of likely N-dealkylation sites (tertiary alicyclic amines) is 1. The lowest BCUT2D eigenvalue weighted by molar-refractivity contribution is -0.139. The van der Waals surface area contributed by atoms with E-state index in [2.05, 4.69) is 5.43 Å². The van der Waals surface area contributed by atoms with Crippen molar-refractivity contribution in [1.82, 2.24) is 9.91 Å². The summed E-state index contributed by atoms with van der Waals surface area (Å²) in [5, 5.41) is 13.2. The molecule has 3 aromatic rings. The van der Waals surface area contributed by atoms with Gasteiger partial charge in [0.15, 0.2) is 0 Å². The van der Waals surface area contributed by atoms with Crippen LogP contribution in [0, 0.1) is 23.7 Å². The Labute approximate surface area is 301 Å². The first-order chi connectivity index (χ1) is 24.4. The molecule has 3 fully saturated rings. The number of hydrazine groups is 1. The van der Waals surface area contributed by atoms with Crippen LogP contribution in [0.25, 0.3) is 0 Å². The first-order valence-corrected chi connectivity index (χ1v) is 16.7. The summed E-state index contributed by atoms with van der Waals surface area (Å²) < 4.78 is 16.6. The van der Waals surface area contributed by atoms with Crippen molar-refractivity contribution in [2.45, 2.75) is 24.2 Å². The van der Waals surface area contributed by atoms with Crippen LogP contribution in [0.3, 0.4) is 0 Å². The van der Waals surface area contributed by atoms with Crippen molar-refractivity contribution in [3.05, 3.63) is 87.4 Å². The number of imide groups is 4. The summed E-state index contributed by atoms with van der Waals surface area (Å²) >= 11 is 12.6. The predicted molar refractivity (Wildman–Crippen MR) is 183 cm³/mol. The van der Waals surface area contributed by atoms with Gasteiger partial charge in [0, 0.05) is 28.6 Å². The van der Waals surface area contributed by atoms with Crippen LogP contribution in [0.5, 0.6) is 23.0 Å². The number of rotatable bonds is 7. The van der Waals surface area contributed by atoms with E-state index < -0.39 is 64.7 Å². The zero-order valence-electron chi connectivity index (χ0n) is 27.5. The van der Waals surface area contributed by atoms with Gasteiger partial charge in [0.25, 0.3) is 11.8 Å². The van der Waals surface area contributed by atoms with Gasteiger partial charge >= 0.3 is 6.03 Å². The van der Waals surface area contributed by atoms with Gasteiger partial charge in [0.05, 0.1) is 55.2 Å². The van der Waals surface area contributed by atoms with Crippen molar-refractivity contribution in [1.29, 1.82) is 0 Å². The van der Waals surface area contributed by atoms with E-state index in [0.717, 1.165) is 5.01 Å². The number of carbonyl (C=O) groups is 5. The number of halogens is 2. The highest BCUT2D eigenvalue weighted by Crippen LogP contribution is 2.66. The number of fused-ring (bicyclic) bond motifs is 4. The maximum atomic E-state index is 15.4. The van der Waals surface area contributed by atoms with Crippen molar-refractivity contribution < 1.29 is 43.3 Å². The largest absolute Gasteiger partial charge is 0.507 e. The number of urea groups is 1. The molecule has 2 saturated heterocycles. The van der Waals surface area contributed by atoms with E-state index in [4.69, 9.17) is 43.1 Å². The number of aromatic hydroxyl groups is 1. The average Bonchev–Trinajstić information content (AvgIpc) is 3.50. The maximum Gasteiger partial charge on any atom is 0.328 e.